The molecule has 0 aromatic rings. The van der Waals surface area contributed by atoms with Crippen molar-refractivity contribution in [2.45, 2.75) is 73.0 Å². The molecule has 4 nitrogen and oxygen atoms in total. The quantitative estimate of drug-likeness (QED) is 0.836. The van der Waals surface area contributed by atoms with Gasteiger partial charge < -0.3 is 15.4 Å². The van der Waals surface area contributed by atoms with E-state index in [1.54, 1.807) is 0 Å². The minimum atomic E-state index is -0.437. The normalized spacial score (nSPS) is 27.4. The van der Waals surface area contributed by atoms with Crippen molar-refractivity contribution in [3.05, 3.63) is 0 Å². The summed E-state index contributed by atoms with van der Waals surface area (Å²) in [5.74, 6) is 0. The molecule has 1 aliphatic rings. The van der Waals surface area contributed by atoms with E-state index in [0.717, 1.165) is 19.4 Å². The molecule has 1 aliphatic heterocycles. The molecule has 1 heterocycles. The third-order valence-electron chi connectivity index (χ3n) is 3.47. The van der Waals surface area contributed by atoms with Crippen LogP contribution >= 0.6 is 0 Å². The first-order valence-corrected chi connectivity index (χ1v) is 7.59. The maximum Gasteiger partial charge on any atom is 0.407 e. The molecular weight excluding hydrogens is 252 g/mol. The summed E-state index contributed by atoms with van der Waals surface area (Å²) in [6, 6.07) is 0.542. The Kier molecular flexibility index (Phi) is 5.12. The van der Waals surface area contributed by atoms with Gasteiger partial charge in [0.1, 0.15) is 5.60 Å². The first-order valence-electron chi connectivity index (χ1n) is 7.59. The van der Waals surface area contributed by atoms with Crippen molar-refractivity contribution in [2.75, 3.05) is 13.1 Å². The van der Waals surface area contributed by atoms with Gasteiger partial charge in [-0.2, -0.15) is 0 Å². The Labute approximate surface area is 124 Å². The van der Waals surface area contributed by atoms with Gasteiger partial charge in [-0.15, -0.1) is 0 Å². The minimum absolute atomic E-state index is 0.118. The first kappa shape index (κ1) is 17.3. The Balaban J connectivity index is 2.39. The van der Waals surface area contributed by atoms with Gasteiger partial charge in [0.2, 0.25) is 0 Å². The summed E-state index contributed by atoms with van der Waals surface area (Å²) >= 11 is 0. The summed E-state index contributed by atoms with van der Waals surface area (Å²) in [5.41, 5.74) is 0.0159. The number of carbonyl (C=O) groups is 1. The highest BCUT2D eigenvalue weighted by atomic mass is 16.6. The van der Waals surface area contributed by atoms with E-state index >= 15 is 0 Å². The Morgan fingerprint density at radius 2 is 1.90 bits per heavy atom. The van der Waals surface area contributed by atoms with Gasteiger partial charge in [-0.25, -0.2) is 4.79 Å². The SMILES string of the molecule is CC(C)(C)CC1CC(C)(CNC(=O)OC(C)(C)C)CN1. The van der Waals surface area contributed by atoms with Crippen LogP contribution in [0.3, 0.4) is 0 Å². The molecule has 1 amide bonds. The number of carbonyl (C=O) groups excluding carboxylic acids is 1. The largest absolute Gasteiger partial charge is 0.444 e. The standard InChI is InChI=1S/C16H32N2O2/c1-14(2,3)8-12-9-16(7,10-17-12)11-18-13(19)20-15(4,5)6/h12,17H,8-11H2,1-7H3,(H,18,19). The third-order valence-corrected chi connectivity index (χ3v) is 3.47. The highest BCUT2D eigenvalue weighted by molar-refractivity contribution is 5.67. The third kappa shape index (κ3) is 6.60. The van der Waals surface area contributed by atoms with Crippen molar-refractivity contribution >= 4 is 6.09 Å². The topological polar surface area (TPSA) is 50.4 Å². The number of nitrogens with one attached hydrogen (secondary N) is 2. The van der Waals surface area contributed by atoms with E-state index in [4.69, 9.17) is 4.74 Å². The number of rotatable bonds is 3. The van der Waals surface area contributed by atoms with Crippen molar-refractivity contribution in [3.63, 3.8) is 0 Å². The Hall–Kier alpha value is -0.770. The fraction of sp³-hybridized carbons (Fsp3) is 0.938. The lowest BCUT2D eigenvalue weighted by atomic mass is 9.82. The summed E-state index contributed by atoms with van der Waals surface area (Å²) in [5, 5.41) is 6.49. The van der Waals surface area contributed by atoms with Crippen LogP contribution in [0, 0.1) is 10.8 Å². The van der Waals surface area contributed by atoms with Crippen LogP contribution in [0.4, 0.5) is 4.79 Å². The van der Waals surface area contributed by atoms with Gasteiger partial charge >= 0.3 is 6.09 Å². The van der Waals surface area contributed by atoms with Crippen LogP contribution in [-0.4, -0.2) is 30.8 Å². The molecule has 0 aliphatic carbocycles. The lowest BCUT2D eigenvalue weighted by Crippen LogP contribution is -2.40. The predicted molar refractivity (Wildman–Crippen MR) is 82.8 cm³/mol. The zero-order valence-electron chi connectivity index (χ0n) is 14.2. The molecule has 0 radical (unpaired) electrons. The van der Waals surface area contributed by atoms with Gasteiger partial charge in [0.05, 0.1) is 0 Å². The van der Waals surface area contributed by atoms with E-state index in [0.29, 0.717) is 18.0 Å². The number of alkyl carbamates (subject to hydrolysis) is 1. The second-order valence-electron chi connectivity index (χ2n) is 8.71. The molecule has 1 rings (SSSR count). The van der Waals surface area contributed by atoms with Gasteiger partial charge in [-0.3, -0.25) is 0 Å². The second kappa shape index (κ2) is 5.92. The lowest BCUT2D eigenvalue weighted by molar-refractivity contribution is 0.0506. The minimum Gasteiger partial charge on any atom is -0.444 e. The highest BCUT2D eigenvalue weighted by Gasteiger charge is 2.36. The summed E-state index contributed by atoms with van der Waals surface area (Å²) in [4.78, 5) is 11.7. The fourth-order valence-electron chi connectivity index (χ4n) is 2.75. The zero-order valence-corrected chi connectivity index (χ0v) is 14.2. The van der Waals surface area contributed by atoms with E-state index in [2.05, 4.69) is 38.3 Å². The average molecular weight is 284 g/mol. The van der Waals surface area contributed by atoms with Crippen molar-refractivity contribution < 1.29 is 9.53 Å². The fourth-order valence-corrected chi connectivity index (χ4v) is 2.75. The number of ether oxygens (including phenoxy) is 1. The molecule has 2 N–H and O–H groups in total. The lowest BCUT2D eigenvalue weighted by Gasteiger charge is -2.27. The van der Waals surface area contributed by atoms with Crippen LogP contribution in [0.25, 0.3) is 0 Å². The summed E-state index contributed by atoms with van der Waals surface area (Å²) in [7, 11) is 0. The zero-order chi connectivity index (χ0) is 15.6. The molecule has 2 atom stereocenters. The molecule has 1 saturated heterocycles. The molecule has 0 saturated carbocycles. The molecule has 118 valence electrons. The van der Waals surface area contributed by atoms with E-state index < -0.39 is 5.60 Å². The van der Waals surface area contributed by atoms with Crippen LogP contribution in [0.5, 0.6) is 0 Å². The smallest absolute Gasteiger partial charge is 0.407 e. The van der Waals surface area contributed by atoms with Crippen LogP contribution in [0.15, 0.2) is 0 Å². The van der Waals surface area contributed by atoms with E-state index in [1.165, 1.54) is 0 Å². The van der Waals surface area contributed by atoms with Crippen LogP contribution in [-0.2, 0) is 4.74 Å². The second-order valence-corrected chi connectivity index (χ2v) is 8.71. The molecule has 20 heavy (non-hydrogen) atoms. The molecule has 4 heteroatoms. The van der Waals surface area contributed by atoms with Crippen molar-refractivity contribution in [2.24, 2.45) is 10.8 Å². The Morgan fingerprint density at radius 3 is 2.40 bits per heavy atom. The molecule has 0 bridgehead atoms. The van der Waals surface area contributed by atoms with Crippen molar-refractivity contribution in [1.82, 2.24) is 10.6 Å². The van der Waals surface area contributed by atoms with E-state index in [9.17, 15) is 4.79 Å². The van der Waals surface area contributed by atoms with Crippen LogP contribution in [0.1, 0.15) is 61.3 Å². The highest BCUT2D eigenvalue weighted by Crippen LogP contribution is 2.33. The van der Waals surface area contributed by atoms with Crippen molar-refractivity contribution in [1.29, 1.82) is 0 Å². The molecule has 1 fully saturated rings. The molecule has 0 aromatic heterocycles. The first-order chi connectivity index (χ1) is 8.89. The van der Waals surface area contributed by atoms with Crippen LogP contribution < -0.4 is 10.6 Å². The molecular formula is C16H32N2O2. The summed E-state index contributed by atoms with van der Waals surface area (Å²) < 4.78 is 5.28. The van der Waals surface area contributed by atoms with Gasteiger partial charge in [0, 0.05) is 19.1 Å². The summed E-state index contributed by atoms with van der Waals surface area (Å²) in [6.07, 6.45) is 1.94. The summed E-state index contributed by atoms with van der Waals surface area (Å²) in [6.45, 7) is 16.3. The van der Waals surface area contributed by atoms with E-state index in [-0.39, 0.29) is 11.5 Å². The monoisotopic (exact) mass is 284 g/mol. The Morgan fingerprint density at radius 1 is 1.30 bits per heavy atom. The maximum absolute atomic E-state index is 11.7. The average Bonchev–Trinajstić information content (AvgIpc) is 2.53. The molecule has 2 unspecified atom stereocenters. The predicted octanol–water partition coefficient (Wildman–Crippen LogP) is 3.32. The van der Waals surface area contributed by atoms with Gasteiger partial charge in [0.15, 0.2) is 0 Å². The van der Waals surface area contributed by atoms with Gasteiger partial charge in [-0.05, 0) is 44.4 Å². The van der Waals surface area contributed by atoms with Gasteiger partial charge in [0.25, 0.3) is 0 Å². The number of hydrogen-bond acceptors (Lipinski definition) is 3. The van der Waals surface area contributed by atoms with Crippen molar-refractivity contribution in [3.8, 4) is 0 Å². The Bertz CT molecular complexity index is 341. The molecule has 0 aromatic carbocycles. The maximum atomic E-state index is 11.7. The van der Waals surface area contributed by atoms with Gasteiger partial charge in [-0.1, -0.05) is 27.7 Å². The van der Waals surface area contributed by atoms with E-state index in [1.807, 2.05) is 20.8 Å². The van der Waals surface area contributed by atoms with Crippen LogP contribution in [0.2, 0.25) is 0 Å². The number of amides is 1. The number of hydrogen-bond donors (Lipinski definition) is 2. The molecule has 0 spiro atoms.